The smallest absolute Gasteiger partial charge is 0.341 e. The van der Waals surface area contributed by atoms with Crippen LogP contribution in [0.2, 0.25) is 0 Å². The summed E-state index contributed by atoms with van der Waals surface area (Å²) in [5.74, 6) is -2.92. The number of anilines is 1. The maximum atomic E-state index is 13.2. The van der Waals surface area contributed by atoms with Crippen molar-refractivity contribution in [2.75, 3.05) is 19.5 Å². The Balaban J connectivity index is 1.53. The van der Waals surface area contributed by atoms with Crippen LogP contribution in [0.4, 0.5) is 5.00 Å². The van der Waals surface area contributed by atoms with Gasteiger partial charge in [-0.15, -0.1) is 11.3 Å². The van der Waals surface area contributed by atoms with Crippen LogP contribution in [0.25, 0.3) is 11.1 Å². The molecule has 168 valence electrons. The van der Waals surface area contributed by atoms with Gasteiger partial charge in [0.15, 0.2) is 0 Å². The van der Waals surface area contributed by atoms with Crippen LogP contribution in [0.1, 0.15) is 33.6 Å². The van der Waals surface area contributed by atoms with Gasteiger partial charge in [-0.2, -0.15) is 0 Å². The number of aryl methyl sites for hydroxylation is 2. The Kier molecular flexibility index (Phi) is 5.17. The van der Waals surface area contributed by atoms with E-state index < -0.39 is 41.9 Å². The summed E-state index contributed by atoms with van der Waals surface area (Å²) in [4.78, 5) is 38.8. The van der Waals surface area contributed by atoms with E-state index >= 15 is 0 Å². The highest BCUT2D eigenvalue weighted by Crippen LogP contribution is 2.48. The van der Waals surface area contributed by atoms with Gasteiger partial charge in [-0.25, -0.2) is 4.79 Å². The minimum absolute atomic E-state index is 0.308. The summed E-state index contributed by atoms with van der Waals surface area (Å²) in [6.07, 6.45) is 1.96. The summed E-state index contributed by atoms with van der Waals surface area (Å²) >= 11 is 1.34. The van der Waals surface area contributed by atoms with Crippen LogP contribution in [0.15, 0.2) is 18.2 Å². The standard InChI is InChI=1S/C23H23NO7S/c1-29-11-4-5-12-10(9-11)3-8-15-16(12)19(23(28)30-2)21(32-15)24-20(25)17-13-6-7-14(31-13)18(17)22(26)27/h4-5,9,13-14,17-18H,3,6-8H2,1-2H3,(H,24,25)(H,26,27)/t13-,14+,17-,18+/m1/s1. The molecule has 8 nitrogen and oxygen atoms in total. The van der Waals surface area contributed by atoms with Crippen LogP contribution in [-0.2, 0) is 31.9 Å². The van der Waals surface area contributed by atoms with E-state index in [1.165, 1.54) is 18.4 Å². The largest absolute Gasteiger partial charge is 0.497 e. The van der Waals surface area contributed by atoms with Crippen LogP contribution in [0, 0.1) is 11.8 Å². The van der Waals surface area contributed by atoms with E-state index in [9.17, 15) is 19.5 Å². The molecule has 0 unspecified atom stereocenters. The molecule has 5 rings (SSSR count). The Hall–Kier alpha value is -2.91. The van der Waals surface area contributed by atoms with Crippen molar-refractivity contribution < 1.29 is 33.7 Å². The van der Waals surface area contributed by atoms with Gasteiger partial charge in [0.2, 0.25) is 5.91 Å². The summed E-state index contributed by atoms with van der Waals surface area (Å²) in [6.45, 7) is 0. The molecule has 9 heteroatoms. The van der Waals surface area contributed by atoms with Gasteiger partial charge in [-0.3, -0.25) is 9.59 Å². The molecule has 2 saturated heterocycles. The topological polar surface area (TPSA) is 111 Å². The number of aliphatic carboxylic acids is 1. The number of rotatable bonds is 5. The third kappa shape index (κ3) is 3.18. The van der Waals surface area contributed by atoms with E-state index in [0.29, 0.717) is 23.4 Å². The zero-order valence-corrected chi connectivity index (χ0v) is 18.5. The Morgan fingerprint density at radius 2 is 1.88 bits per heavy atom. The zero-order chi connectivity index (χ0) is 22.6. The third-order valence-corrected chi connectivity index (χ3v) is 7.84. The molecule has 1 aromatic heterocycles. The first-order valence-corrected chi connectivity index (χ1v) is 11.3. The van der Waals surface area contributed by atoms with Gasteiger partial charge in [-0.05, 0) is 48.9 Å². The summed E-state index contributed by atoms with van der Waals surface area (Å²) in [5, 5.41) is 12.9. The molecule has 2 aromatic rings. The molecule has 2 bridgehead atoms. The lowest BCUT2D eigenvalue weighted by atomic mass is 9.78. The van der Waals surface area contributed by atoms with Crippen LogP contribution in [0.3, 0.4) is 0 Å². The minimum Gasteiger partial charge on any atom is -0.497 e. The molecule has 32 heavy (non-hydrogen) atoms. The molecule has 4 atom stereocenters. The lowest BCUT2D eigenvalue weighted by Gasteiger charge is -2.23. The lowest BCUT2D eigenvalue weighted by Crippen LogP contribution is -2.41. The molecule has 3 aliphatic rings. The van der Waals surface area contributed by atoms with E-state index in [1.54, 1.807) is 7.11 Å². The van der Waals surface area contributed by atoms with Crippen molar-refractivity contribution in [3.8, 4) is 16.9 Å². The number of methoxy groups -OCH3 is 2. The number of carbonyl (C=O) groups is 3. The first-order valence-electron chi connectivity index (χ1n) is 10.5. The number of carboxylic acids is 1. The van der Waals surface area contributed by atoms with Crippen molar-refractivity contribution in [3.63, 3.8) is 0 Å². The third-order valence-electron chi connectivity index (χ3n) is 6.67. The molecule has 0 spiro atoms. The van der Waals surface area contributed by atoms with Gasteiger partial charge < -0.3 is 24.6 Å². The van der Waals surface area contributed by atoms with Crippen LogP contribution < -0.4 is 10.1 Å². The minimum atomic E-state index is -1.03. The van der Waals surface area contributed by atoms with Crippen molar-refractivity contribution >= 4 is 34.2 Å². The first-order chi connectivity index (χ1) is 15.4. The summed E-state index contributed by atoms with van der Waals surface area (Å²) in [6, 6.07) is 5.72. The summed E-state index contributed by atoms with van der Waals surface area (Å²) in [5.41, 5.74) is 3.05. The molecule has 1 aromatic carbocycles. The van der Waals surface area contributed by atoms with E-state index in [4.69, 9.17) is 14.2 Å². The summed E-state index contributed by atoms with van der Waals surface area (Å²) in [7, 11) is 2.91. The van der Waals surface area contributed by atoms with Gasteiger partial charge in [0.05, 0.1) is 38.3 Å². The van der Waals surface area contributed by atoms with Crippen LogP contribution in [0.5, 0.6) is 5.75 Å². The predicted octanol–water partition coefficient (Wildman–Crippen LogP) is 3.13. The molecule has 2 N–H and O–H groups in total. The molecule has 2 fully saturated rings. The van der Waals surface area contributed by atoms with Gasteiger partial charge in [0.1, 0.15) is 16.3 Å². The van der Waals surface area contributed by atoms with E-state index in [-0.39, 0.29) is 0 Å². The normalized spacial score (nSPS) is 25.1. The average molecular weight is 458 g/mol. The maximum Gasteiger partial charge on any atom is 0.341 e. The highest BCUT2D eigenvalue weighted by molar-refractivity contribution is 7.17. The van der Waals surface area contributed by atoms with Crippen molar-refractivity contribution in [2.45, 2.75) is 37.9 Å². The molecule has 0 radical (unpaired) electrons. The van der Waals surface area contributed by atoms with Crippen molar-refractivity contribution in [1.29, 1.82) is 0 Å². The fraction of sp³-hybridized carbons (Fsp3) is 0.435. The zero-order valence-electron chi connectivity index (χ0n) is 17.7. The number of thiophene rings is 1. The molecule has 0 saturated carbocycles. The van der Waals surface area contributed by atoms with E-state index in [0.717, 1.165) is 40.2 Å². The number of amides is 1. The van der Waals surface area contributed by atoms with Crippen LogP contribution >= 0.6 is 11.3 Å². The average Bonchev–Trinajstić information content (AvgIpc) is 3.50. The monoisotopic (exact) mass is 457 g/mol. The molecule has 1 aliphatic carbocycles. The van der Waals surface area contributed by atoms with E-state index in [2.05, 4.69) is 5.32 Å². The highest BCUT2D eigenvalue weighted by atomic mass is 32.1. The molecule has 2 aliphatic heterocycles. The highest BCUT2D eigenvalue weighted by Gasteiger charge is 2.55. The Labute approximate surface area is 188 Å². The Morgan fingerprint density at radius 1 is 1.12 bits per heavy atom. The fourth-order valence-corrected chi connectivity index (χ4v) is 6.44. The number of benzene rings is 1. The van der Waals surface area contributed by atoms with Gasteiger partial charge >= 0.3 is 11.9 Å². The number of ether oxygens (including phenoxy) is 3. The lowest BCUT2D eigenvalue weighted by molar-refractivity contribution is -0.147. The van der Waals surface area contributed by atoms with Gasteiger partial charge in [0, 0.05) is 10.4 Å². The van der Waals surface area contributed by atoms with Gasteiger partial charge in [-0.1, -0.05) is 6.07 Å². The number of fused-ring (bicyclic) bond motifs is 5. The summed E-state index contributed by atoms with van der Waals surface area (Å²) < 4.78 is 16.1. The van der Waals surface area contributed by atoms with Crippen LogP contribution in [-0.4, -0.2) is 49.4 Å². The number of carboxylic acid groups (broad SMARTS) is 1. The van der Waals surface area contributed by atoms with Gasteiger partial charge in [0.25, 0.3) is 0 Å². The van der Waals surface area contributed by atoms with Crippen molar-refractivity contribution in [1.82, 2.24) is 0 Å². The number of hydrogen-bond donors (Lipinski definition) is 2. The predicted molar refractivity (Wildman–Crippen MR) is 116 cm³/mol. The molecular weight excluding hydrogens is 434 g/mol. The van der Waals surface area contributed by atoms with Crippen molar-refractivity contribution in [3.05, 3.63) is 34.2 Å². The molecular formula is C23H23NO7S. The number of carbonyl (C=O) groups excluding carboxylic acids is 2. The van der Waals surface area contributed by atoms with Crippen molar-refractivity contribution in [2.24, 2.45) is 11.8 Å². The Bertz CT molecular complexity index is 1120. The maximum absolute atomic E-state index is 13.2. The second kappa shape index (κ2) is 7.90. The molecule has 1 amide bonds. The number of hydrogen-bond acceptors (Lipinski definition) is 7. The Morgan fingerprint density at radius 3 is 2.56 bits per heavy atom. The number of nitrogens with one attached hydrogen (secondary N) is 1. The first kappa shape index (κ1) is 21.0. The SMILES string of the molecule is COC(=O)c1c(NC(=O)[C@H]2[C@@H](C(=O)O)[C@@H]3CC[C@H]2O3)sc2c1-c1ccc(OC)cc1CC2. The second-order valence-electron chi connectivity index (χ2n) is 8.29. The van der Waals surface area contributed by atoms with E-state index in [1.807, 2.05) is 18.2 Å². The quantitative estimate of drug-likeness (QED) is 0.664. The second-order valence-corrected chi connectivity index (χ2v) is 9.39. The molecule has 3 heterocycles. The fourth-order valence-electron chi connectivity index (χ4n) is 5.24. The number of esters is 1.